The maximum atomic E-state index is 12.8. The highest BCUT2D eigenvalue weighted by molar-refractivity contribution is 5.79. The monoisotopic (exact) mass is 371 g/mol. The van der Waals surface area contributed by atoms with Crippen molar-refractivity contribution in [2.45, 2.75) is 58.4 Å². The first kappa shape index (κ1) is 18.7. The molecule has 0 saturated carbocycles. The van der Waals surface area contributed by atoms with Crippen molar-refractivity contribution in [1.82, 2.24) is 19.8 Å². The molecule has 3 fully saturated rings. The summed E-state index contributed by atoms with van der Waals surface area (Å²) in [5, 5.41) is 0. The summed E-state index contributed by atoms with van der Waals surface area (Å²) in [7, 11) is 0. The van der Waals surface area contributed by atoms with Crippen LogP contribution in [-0.4, -0.2) is 71.0 Å². The molecule has 0 N–H and O–H groups in total. The summed E-state index contributed by atoms with van der Waals surface area (Å²) in [5.74, 6) is 1.52. The number of nitrogens with zero attached hydrogens (tertiary/aromatic N) is 5. The van der Waals surface area contributed by atoms with Gasteiger partial charge in [-0.05, 0) is 65.0 Å². The molecule has 1 aromatic rings. The molecular formula is C21H33N5O. The third kappa shape index (κ3) is 4.26. The molecule has 3 aliphatic heterocycles. The van der Waals surface area contributed by atoms with Gasteiger partial charge in [-0.1, -0.05) is 0 Å². The van der Waals surface area contributed by atoms with Crippen LogP contribution in [0.1, 0.15) is 49.9 Å². The fourth-order valence-electron chi connectivity index (χ4n) is 5.02. The van der Waals surface area contributed by atoms with Gasteiger partial charge >= 0.3 is 0 Å². The summed E-state index contributed by atoms with van der Waals surface area (Å²) in [6, 6.07) is 2.63. The normalized spacial score (nSPS) is 25.2. The quantitative estimate of drug-likeness (QED) is 0.817. The third-order valence-corrected chi connectivity index (χ3v) is 6.45. The zero-order valence-corrected chi connectivity index (χ0v) is 16.9. The van der Waals surface area contributed by atoms with Crippen LogP contribution in [0.25, 0.3) is 0 Å². The van der Waals surface area contributed by atoms with E-state index in [-0.39, 0.29) is 5.92 Å². The van der Waals surface area contributed by atoms with Gasteiger partial charge in [0.25, 0.3) is 0 Å². The molecule has 4 rings (SSSR count). The summed E-state index contributed by atoms with van der Waals surface area (Å²) in [6.07, 6.45) is 6.87. The topological polar surface area (TPSA) is 52.6 Å². The van der Waals surface area contributed by atoms with E-state index >= 15 is 0 Å². The maximum absolute atomic E-state index is 12.8. The summed E-state index contributed by atoms with van der Waals surface area (Å²) in [6.45, 7) is 10.2. The van der Waals surface area contributed by atoms with E-state index in [0.717, 1.165) is 82.3 Å². The Labute approximate surface area is 162 Å². The average Bonchev–Trinajstić information content (AvgIpc) is 3.22. The molecule has 1 amide bonds. The van der Waals surface area contributed by atoms with Crippen molar-refractivity contribution < 1.29 is 4.79 Å². The Balaban J connectivity index is 1.33. The van der Waals surface area contributed by atoms with E-state index in [1.54, 1.807) is 0 Å². The number of carbonyl (C=O) groups excluding carboxylic acids is 1. The summed E-state index contributed by atoms with van der Waals surface area (Å²) >= 11 is 0. The van der Waals surface area contributed by atoms with Gasteiger partial charge in [0.1, 0.15) is 0 Å². The maximum Gasteiger partial charge on any atom is 0.226 e. The number of hydrogen-bond acceptors (Lipinski definition) is 5. The molecule has 0 aromatic carbocycles. The Morgan fingerprint density at radius 3 is 2.26 bits per heavy atom. The first-order chi connectivity index (χ1) is 13.1. The van der Waals surface area contributed by atoms with E-state index in [0.29, 0.717) is 11.9 Å². The molecular weight excluding hydrogens is 338 g/mol. The van der Waals surface area contributed by atoms with Crippen LogP contribution in [-0.2, 0) is 4.79 Å². The predicted molar refractivity (Wildman–Crippen MR) is 107 cm³/mol. The highest BCUT2D eigenvalue weighted by atomic mass is 16.2. The van der Waals surface area contributed by atoms with Crippen LogP contribution < -0.4 is 4.90 Å². The molecule has 0 bridgehead atoms. The van der Waals surface area contributed by atoms with Gasteiger partial charge in [-0.25, -0.2) is 9.97 Å². The Hall–Kier alpha value is -1.69. The van der Waals surface area contributed by atoms with Crippen molar-refractivity contribution in [2.24, 2.45) is 5.92 Å². The highest BCUT2D eigenvalue weighted by Crippen LogP contribution is 2.27. The highest BCUT2D eigenvalue weighted by Gasteiger charge is 2.34. The van der Waals surface area contributed by atoms with E-state index in [9.17, 15) is 4.79 Å². The lowest BCUT2D eigenvalue weighted by Gasteiger charge is -2.42. The molecule has 0 aliphatic carbocycles. The number of aromatic nitrogens is 2. The molecule has 6 nitrogen and oxygen atoms in total. The molecule has 3 saturated heterocycles. The third-order valence-electron chi connectivity index (χ3n) is 6.45. The van der Waals surface area contributed by atoms with Crippen LogP contribution >= 0.6 is 0 Å². The number of carbonyl (C=O) groups is 1. The lowest BCUT2D eigenvalue weighted by atomic mass is 9.93. The molecule has 6 heteroatoms. The van der Waals surface area contributed by atoms with Crippen LogP contribution in [0.5, 0.6) is 0 Å². The van der Waals surface area contributed by atoms with Crippen LogP contribution in [0, 0.1) is 19.8 Å². The number of hydrogen-bond donors (Lipinski definition) is 0. The van der Waals surface area contributed by atoms with Crippen LogP contribution in [0.2, 0.25) is 0 Å². The van der Waals surface area contributed by atoms with Gasteiger partial charge in [0.05, 0.1) is 5.92 Å². The number of rotatable bonds is 3. The van der Waals surface area contributed by atoms with Crippen LogP contribution in [0.3, 0.4) is 0 Å². The van der Waals surface area contributed by atoms with Crippen LogP contribution in [0.4, 0.5) is 5.95 Å². The molecule has 27 heavy (non-hydrogen) atoms. The number of piperidine rings is 2. The molecule has 4 heterocycles. The molecule has 1 atom stereocenters. The number of likely N-dealkylation sites (tertiary alicyclic amines) is 2. The van der Waals surface area contributed by atoms with E-state index in [1.165, 1.54) is 12.8 Å². The molecule has 0 unspecified atom stereocenters. The summed E-state index contributed by atoms with van der Waals surface area (Å²) in [4.78, 5) is 29.1. The molecule has 1 aromatic heterocycles. The Kier molecular flexibility index (Phi) is 5.62. The smallest absolute Gasteiger partial charge is 0.226 e. The second kappa shape index (κ2) is 8.13. The minimum absolute atomic E-state index is 0.220. The van der Waals surface area contributed by atoms with Gasteiger partial charge in [0, 0.05) is 50.2 Å². The summed E-state index contributed by atoms with van der Waals surface area (Å²) in [5.41, 5.74) is 2.08. The fourth-order valence-corrected chi connectivity index (χ4v) is 5.02. The van der Waals surface area contributed by atoms with Gasteiger partial charge < -0.3 is 9.80 Å². The number of amides is 1. The zero-order valence-electron chi connectivity index (χ0n) is 16.9. The standard InChI is InChI=1S/C21H33N5O/c1-16-14-17(2)23-21(22-16)25-12-7-19(8-13-25)26-11-5-6-18(15-26)20(27)24-9-3-4-10-24/h14,18-19H,3-13,15H2,1-2H3/t18-/m1/s1. The largest absolute Gasteiger partial charge is 0.342 e. The van der Waals surface area contributed by atoms with Crippen LogP contribution in [0.15, 0.2) is 6.07 Å². The lowest BCUT2D eigenvalue weighted by molar-refractivity contribution is -0.136. The Morgan fingerprint density at radius 1 is 0.926 bits per heavy atom. The first-order valence-electron chi connectivity index (χ1n) is 10.7. The molecule has 3 aliphatic rings. The minimum Gasteiger partial charge on any atom is -0.342 e. The Morgan fingerprint density at radius 2 is 1.59 bits per heavy atom. The van der Waals surface area contributed by atoms with Gasteiger partial charge in [-0.15, -0.1) is 0 Å². The molecule has 0 spiro atoms. The SMILES string of the molecule is Cc1cc(C)nc(N2CCC(N3CCC[C@@H](C(=O)N4CCCC4)C3)CC2)n1. The van der Waals surface area contributed by atoms with Gasteiger partial charge in [-0.3, -0.25) is 9.69 Å². The fraction of sp³-hybridized carbons (Fsp3) is 0.762. The first-order valence-corrected chi connectivity index (χ1v) is 10.7. The second-order valence-corrected chi connectivity index (χ2v) is 8.54. The number of anilines is 1. The van der Waals surface area contributed by atoms with Crippen molar-refractivity contribution in [3.05, 3.63) is 17.5 Å². The van der Waals surface area contributed by atoms with Gasteiger partial charge in [0.15, 0.2) is 0 Å². The van der Waals surface area contributed by atoms with E-state index in [2.05, 4.69) is 24.7 Å². The predicted octanol–water partition coefficient (Wildman–Crippen LogP) is 2.40. The van der Waals surface area contributed by atoms with Gasteiger partial charge in [-0.2, -0.15) is 0 Å². The minimum atomic E-state index is 0.220. The van der Waals surface area contributed by atoms with Crippen molar-refractivity contribution in [3.8, 4) is 0 Å². The van der Waals surface area contributed by atoms with E-state index in [4.69, 9.17) is 0 Å². The van der Waals surface area contributed by atoms with Crippen molar-refractivity contribution in [1.29, 1.82) is 0 Å². The number of aryl methyl sites for hydroxylation is 2. The van der Waals surface area contributed by atoms with E-state index < -0.39 is 0 Å². The van der Waals surface area contributed by atoms with Crippen molar-refractivity contribution in [3.63, 3.8) is 0 Å². The molecule has 148 valence electrons. The zero-order chi connectivity index (χ0) is 18.8. The molecule has 0 radical (unpaired) electrons. The van der Waals surface area contributed by atoms with Gasteiger partial charge in [0.2, 0.25) is 11.9 Å². The van der Waals surface area contributed by atoms with Crippen molar-refractivity contribution in [2.75, 3.05) is 44.2 Å². The average molecular weight is 372 g/mol. The van der Waals surface area contributed by atoms with Crippen molar-refractivity contribution >= 4 is 11.9 Å². The Bertz CT molecular complexity index is 644. The van der Waals surface area contributed by atoms with E-state index in [1.807, 2.05) is 19.9 Å². The second-order valence-electron chi connectivity index (χ2n) is 8.54. The lowest BCUT2D eigenvalue weighted by Crippen LogP contribution is -2.51. The summed E-state index contributed by atoms with van der Waals surface area (Å²) < 4.78 is 0.